The van der Waals surface area contributed by atoms with Crippen LogP contribution in [-0.2, 0) is 19.1 Å². The van der Waals surface area contributed by atoms with E-state index in [1.807, 2.05) is 6.08 Å². The normalized spacial score (nSPS) is 31.3. The maximum absolute atomic E-state index is 13.0. The number of hydrogen-bond donors (Lipinski definition) is 1. The molecule has 4 rings (SSSR count). The van der Waals surface area contributed by atoms with Crippen molar-refractivity contribution >= 4 is 17.7 Å². The molecule has 4 aliphatic carbocycles. The minimum absolute atomic E-state index is 0.0389. The highest BCUT2D eigenvalue weighted by Crippen LogP contribution is 2.67. The van der Waals surface area contributed by atoms with Crippen LogP contribution >= 0.6 is 0 Å². The van der Waals surface area contributed by atoms with Gasteiger partial charge in [0.25, 0.3) is 0 Å². The molecule has 7 atom stereocenters. The van der Waals surface area contributed by atoms with Gasteiger partial charge in [0.1, 0.15) is 6.10 Å². The lowest BCUT2D eigenvalue weighted by Crippen LogP contribution is -2.51. The van der Waals surface area contributed by atoms with Crippen LogP contribution in [0.2, 0.25) is 0 Å². The summed E-state index contributed by atoms with van der Waals surface area (Å²) in [5.74, 6) is 2.47. The molecule has 0 heterocycles. The molecule has 0 radical (unpaired) electrons. The van der Waals surface area contributed by atoms with E-state index in [0.717, 1.165) is 30.3 Å². The predicted molar refractivity (Wildman–Crippen MR) is 187 cm³/mol. The molecule has 46 heavy (non-hydrogen) atoms. The molecule has 0 bridgehead atoms. The van der Waals surface area contributed by atoms with Crippen LogP contribution < -0.4 is 5.32 Å². The fraction of sp³-hybridized carbons (Fsp3) is 0.875. The molecular weight excluding hydrogens is 572 g/mol. The molecule has 0 spiro atoms. The Morgan fingerprint density at radius 2 is 1.59 bits per heavy atom. The number of fused-ring (bicyclic) bond motifs is 5. The van der Waals surface area contributed by atoms with Gasteiger partial charge >= 0.3 is 5.97 Å². The van der Waals surface area contributed by atoms with E-state index < -0.39 is 0 Å². The molecule has 0 aromatic heterocycles. The van der Waals surface area contributed by atoms with E-state index in [1.165, 1.54) is 95.7 Å². The summed E-state index contributed by atoms with van der Waals surface area (Å²) < 4.78 is 7.09. The summed E-state index contributed by atoms with van der Waals surface area (Å²) >= 11 is 0. The van der Waals surface area contributed by atoms with Crippen molar-refractivity contribution in [3.63, 3.8) is 0 Å². The van der Waals surface area contributed by atoms with E-state index in [2.05, 4.69) is 47.0 Å². The van der Waals surface area contributed by atoms with Crippen molar-refractivity contribution < 1.29 is 23.6 Å². The molecular formula is C40H69N2O4+. The SMILES string of the molecule is CCCCCC[N+](C)(CCCCCC)CCNC(=O)CCC(=O)OC(C)[C@H]1CCC2C3CCC4=CC(=O)CC[C@]4(C)C3CC[C@@]21C. The summed E-state index contributed by atoms with van der Waals surface area (Å²) in [5.41, 5.74) is 1.81. The van der Waals surface area contributed by atoms with Crippen molar-refractivity contribution in [2.24, 2.45) is 34.5 Å². The summed E-state index contributed by atoms with van der Waals surface area (Å²) in [7, 11) is 2.35. The molecule has 4 unspecified atom stereocenters. The Kier molecular flexibility index (Phi) is 13.4. The van der Waals surface area contributed by atoms with Gasteiger partial charge in [-0.3, -0.25) is 14.4 Å². The number of amides is 1. The van der Waals surface area contributed by atoms with Crippen LogP contribution in [0.15, 0.2) is 11.6 Å². The Hall–Kier alpha value is -1.69. The number of carbonyl (C=O) groups is 3. The molecule has 3 saturated carbocycles. The van der Waals surface area contributed by atoms with Crippen molar-refractivity contribution in [3.8, 4) is 0 Å². The third-order valence-corrected chi connectivity index (χ3v) is 13.6. The number of likely N-dealkylation sites (N-methyl/N-ethyl adjacent to an activating group) is 1. The van der Waals surface area contributed by atoms with E-state index >= 15 is 0 Å². The fourth-order valence-corrected chi connectivity index (χ4v) is 10.7. The van der Waals surface area contributed by atoms with Gasteiger partial charge in [-0.1, -0.05) is 59.0 Å². The Labute approximate surface area is 281 Å². The third-order valence-electron chi connectivity index (χ3n) is 13.6. The zero-order chi connectivity index (χ0) is 33.4. The van der Waals surface area contributed by atoms with Gasteiger partial charge in [-0.05, 0) is 112 Å². The molecule has 6 heteroatoms. The molecule has 6 nitrogen and oxygen atoms in total. The average molecular weight is 642 g/mol. The lowest BCUT2D eigenvalue weighted by atomic mass is 9.46. The van der Waals surface area contributed by atoms with Gasteiger partial charge in [-0.2, -0.15) is 0 Å². The number of nitrogens with zero attached hydrogens (tertiary/aromatic N) is 1. The van der Waals surface area contributed by atoms with Crippen LogP contribution in [0.1, 0.15) is 150 Å². The molecule has 4 aliphatic rings. The van der Waals surface area contributed by atoms with Crippen LogP contribution in [0.5, 0.6) is 0 Å². The van der Waals surface area contributed by atoms with E-state index in [1.54, 1.807) is 0 Å². The number of hydrogen-bond acceptors (Lipinski definition) is 4. The second-order valence-electron chi connectivity index (χ2n) is 16.7. The maximum Gasteiger partial charge on any atom is 0.306 e. The van der Waals surface area contributed by atoms with Crippen molar-refractivity contribution in [2.75, 3.05) is 33.2 Å². The van der Waals surface area contributed by atoms with Crippen LogP contribution in [0.25, 0.3) is 0 Å². The highest BCUT2D eigenvalue weighted by molar-refractivity contribution is 5.91. The molecule has 1 N–H and O–H groups in total. The van der Waals surface area contributed by atoms with Crippen molar-refractivity contribution in [1.29, 1.82) is 0 Å². The highest BCUT2D eigenvalue weighted by atomic mass is 16.5. The van der Waals surface area contributed by atoms with Crippen LogP contribution in [-0.4, -0.2) is 61.5 Å². The van der Waals surface area contributed by atoms with Crippen molar-refractivity contribution in [3.05, 3.63) is 11.6 Å². The second kappa shape index (κ2) is 16.6. The molecule has 262 valence electrons. The lowest BCUT2D eigenvalue weighted by Gasteiger charge is -2.58. The Morgan fingerprint density at radius 1 is 0.891 bits per heavy atom. The Bertz CT molecular complexity index is 1060. The number of ether oxygens (including phenoxy) is 1. The number of esters is 1. The van der Waals surface area contributed by atoms with Gasteiger partial charge in [-0.15, -0.1) is 0 Å². The summed E-state index contributed by atoms with van der Waals surface area (Å²) in [6.45, 7) is 15.5. The lowest BCUT2D eigenvalue weighted by molar-refractivity contribution is -0.908. The summed E-state index contributed by atoms with van der Waals surface area (Å²) in [6.07, 6.45) is 21.1. The average Bonchev–Trinajstić information content (AvgIpc) is 3.38. The van der Waals surface area contributed by atoms with Gasteiger partial charge in [0.05, 0.1) is 39.6 Å². The topological polar surface area (TPSA) is 72.5 Å². The number of ketones is 1. The van der Waals surface area contributed by atoms with E-state index in [4.69, 9.17) is 4.74 Å². The second-order valence-corrected chi connectivity index (χ2v) is 16.7. The van der Waals surface area contributed by atoms with E-state index in [-0.39, 0.29) is 41.7 Å². The maximum atomic E-state index is 13.0. The molecule has 0 aliphatic heterocycles. The molecule has 0 saturated heterocycles. The number of nitrogens with one attached hydrogen (secondary N) is 1. The van der Waals surface area contributed by atoms with Crippen LogP contribution in [0.4, 0.5) is 0 Å². The van der Waals surface area contributed by atoms with Crippen molar-refractivity contribution in [1.82, 2.24) is 5.32 Å². The fourth-order valence-electron chi connectivity index (χ4n) is 10.7. The molecule has 1 amide bonds. The quantitative estimate of drug-likeness (QED) is 0.0925. The van der Waals surface area contributed by atoms with E-state index in [0.29, 0.717) is 42.4 Å². The third kappa shape index (κ3) is 8.85. The monoisotopic (exact) mass is 642 g/mol. The minimum Gasteiger partial charge on any atom is -0.462 e. The van der Waals surface area contributed by atoms with E-state index in [9.17, 15) is 14.4 Å². The summed E-state index contributed by atoms with van der Waals surface area (Å²) in [6, 6.07) is 0. The zero-order valence-corrected chi connectivity index (χ0v) is 30.6. The summed E-state index contributed by atoms with van der Waals surface area (Å²) in [5, 5.41) is 3.12. The van der Waals surface area contributed by atoms with Gasteiger partial charge in [0.15, 0.2) is 5.78 Å². The Balaban J connectivity index is 1.21. The zero-order valence-electron chi connectivity index (χ0n) is 30.6. The highest BCUT2D eigenvalue weighted by Gasteiger charge is 2.60. The van der Waals surface area contributed by atoms with Crippen LogP contribution in [0.3, 0.4) is 0 Å². The Morgan fingerprint density at radius 3 is 2.26 bits per heavy atom. The first-order valence-electron chi connectivity index (χ1n) is 19.5. The molecule has 0 aromatic rings. The number of unbranched alkanes of at least 4 members (excludes halogenated alkanes) is 6. The van der Waals surface area contributed by atoms with Gasteiger partial charge in [0, 0.05) is 18.8 Å². The number of carbonyl (C=O) groups excluding carboxylic acids is 3. The molecule has 0 aromatic carbocycles. The minimum atomic E-state index is -0.234. The number of allylic oxidation sites excluding steroid dienone is 1. The van der Waals surface area contributed by atoms with Crippen LogP contribution in [0, 0.1) is 34.5 Å². The van der Waals surface area contributed by atoms with Gasteiger partial charge < -0.3 is 14.5 Å². The first-order valence-corrected chi connectivity index (χ1v) is 19.5. The largest absolute Gasteiger partial charge is 0.462 e. The summed E-state index contributed by atoms with van der Waals surface area (Å²) in [4.78, 5) is 37.9. The number of rotatable bonds is 18. The predicted octanol–water partition coefficient (Wildman–Crippen LogP) is 8.57. The first-order chi connectivity index (χ1) is 22.0. The standard InChI is InChI=1S/C40H68N2O4/c1-7-9-11-13-26-42(6,27-14-12-10-8-2)28-25-41-37(44)19-20-38(45)46-30(3)34-17-18-35-33-16-15-31-29-32(43)21-23-39(31,4)36(33)22-24-40(34,35)5/h29-30,33-36H,7-28H2,1-6H3/p+1/t30?,33?,34-,35?,36?,39+,40-/m1/s1. The smallest absolute Gasteiger partial charge is 0.306 e. The molecule has 3 fully saturated rings. The van der Waals surface area contributed by atoms with Gasteiger partial charge in [-0.25, -0.2) is 0 Å². The van der Waals surface area contributed by atoms with Gasteiger partial charge in [0.2, 0.25) is 5.91 Å². The number of quaternary nitrogens is 1. The first kappa shape index (κ1) is 37.1. The van der Waals surface area contributed by atoms with Crippen molar-refractivity contribution in [2.45, 2.75) is 156 Å².